The van der Waals surface area contributed by atoms with Crippen LogP contribution < -0.4 is 5.32 Å². The molecule has 0 saturated heterocycles. The van der Waals surface area contributed by atoms with Crippen molar-refractivity contribution in [3.63, 3.8) is 0 Å². The molecule has 0 atom stereocenters. The Balaban J connectivity index is 2.05. The molecule has 3 aromatic carbocycles. The summed E-state index contributed by atoms with van der Waals surface area (Å²) in [4.78, 5) is 35.4. The van der Waals surface area contributed by atoms with Gasteiger partial charge in [0.05, 0.1) is 21.7 Å². The molecule has 0 aliphatic rings. The van der Waals surface area contributed by atoms with Crippen LogP contribution in [-0.4, -0.2) is 16.6 Å². The van der Waals surface area contributed by atoms with Crippen molar-refractivity contribution in [2.75, 3.05) is 5.32 Å². The number of amides is 1. The summed E-state index contributed by atoms with van der Waals surface area (Å²) in [5, 5.41) is 13.1. The molecule has 1 amide bonds. The number of rotatable bonds is 5. The van der Waals surface area contributed by atoms with E-state index >= 15 is 0 Å². The number of hydrogen-bond donors (Lipinski definition) is 1. The van der Waals surface area contributed by atoms with E-state index in [2.05, 4.69) is 5.32 Å². The number of nitro groups is 1. The largest absolute Gasteiger partial charge is 0.321 e. The predicted molar refractivity (Wildman–Crippen MR) is 97.2 cm³/mol. The number of non-ortho nitro benzene ring substituents is 1. The first-order chi connectivity index (χ1) is 14.2. The first-order valence-electron chi connectivity index (χ1n) is 8.23. The van der Waals surface area contributed by atoms with E-state index in [1.54, 1.807) is 18.2 Å². The van der Waals surface area contributed by atoms with Crippen molar-refractivity contribution in [2.24, 2.45) is 0 Å². The Morgan fingerprint density at radius 1 is 0.833 bits per heavy atom. The number of nitrogens with zero attached hydrogens (tertiary/aromatic N) is 1. The molecule has 0 heterocycles. The molecule has 0 aliphatic heterocycles. The molecular formula is C20H10F4N2O4. The van der Waals surface area contributed by atoms with Crippen molar-refractivity contribution < 1.29 is 32.1 Å². The van der Waals surface area contributed by atoms with Gasteiger partial charge in [-0.25, -0.2) is 17.6 Å². The number of benzene rings is 3. The van der Waals surface area contributed by atoms with Gasteiger partial charge in [0.15, 0.2) is 29.1 Å². The van der Waals surface area contributed by atoms with Crippen LogP contribution in [0.5, 0.6) is 0 Å². The van der Waals surface area contributed by atoms with Crippen LogP contribution in [0.25, 0.3) is 0 Å². The van der Waals surface area contributed by atoms with Crippen LogP contribution in [0.15, 0.2) is 54.6 Å². The van der Waals surface area contributed by atoms with Crippen molar-refractivity contribution in [1.29, 1.82) is 0 Å². The number of ketones is 1. The van der Waals surface area contributed by atoms with Crippen LogP contribution >= 0.6 is 0 Å². The highest BCUT2D eigenvalue weighted by molar-refractivity contribution is 6.15. The van der Waals surface area contributed by atoms with Crippen LogP contribution in [0.1, 0.15) is 26.3 Å². The third kappa shape index (κ3) is 3.88. The molecular weight excluding hydrogens is 408 g/mol. The Labute approximate surface area is 165 Å². The average molecular weight is 418 g/mol. The monoisotopic (exact) mass is 418 g/mol. The van der Waals surface area contributed by atoms with E-state index in [1.165, 1.54) is 12.1 Å². The van der Waals surface area contributed by atoms with E-state index in [0.717, 1.165) is 18.2 Å². The maximum absolute atomic E-state index is 13.9. The Morgan fingerprint density at radius 2 is 1.50 bits per heavy atom. The SMILES string of the molecule is O=C(c1ccccc1)c1cc([N+](=O)[O-])ccc1NC(=O)c1cc(F)c(F)c(F)c1F. The zero-order valence-electron chi connectivity index (χ0n) is 14.8. The van der Waals surface area contributed by atoms with Crippen LogP contribution in [0, 0.1) is 33.4 Å². The zero-order chi connectivity index (χ0) is 22.0. The quantitative estimate of drug-likeness (QED) is 0.163. The van der Waals surface area contributed by atoms with Gasteiger partial charge in [-0.2, -0.15) is 0 Å². The van der Waals surface area contributed by atoms with Gasteiger partial charge in [0, 0.05) is 17.7 Å². The smallest absolute Gasteiger partial charge is 0.270 e. The van der Waals surface area contributed by atoms with Crippen molar-refractivity contribution in [1.82, 2.24) is 0 Å². The van der Waals surface area contributed by atoms with Gasteiger partial charge < -0.3 is 5.32 Å². The van der Waals surface area contributed by atoms with Gasteiger partial charge >= 0.3 is 0 Å². The molecule has 0 unspecified atom stereocenters. The molecule has 0 radical (unpaired) electrons. The lowest BCUT2D eigenvalue weighted by molar-refractivity contribution is -0.384. The third-order valence-electron chi connectivity index (χ3n) is 4.09. The summed E-state index contributed by atoms with van der Waals surface area (Å²) in [6.45, 7) is 0. The number of anilines is 1. The Hall–Kier alpha value is -4.08. The second kappa shape index (κ2) is 8.11. The lowest BCUT2D eigenvalue weighted by atomic mass is 10.0. The molecule has 152 valence electrons. The van der Waals surface area contributed by atoms with Gasteiger partial charge in [-0.1, -0.05) is 30.3 Å². The van der Waals surface area contributed by atoms with Crippen molar-refractivity contribution in [3.8, 4) is 0 Å². The number of hydrogen-bond acceptors (Lipinski definition) is 4. The minimum Gasteiger partial charge on any atom is -0.321 e. The maximum Gasteiger partial charge on any atom is 0.270 e. The third-order valence-corrected chi connectivity index (χ3v) is 4.09. The molecule has 0 spiro atoms. The summed E-state index contributed by atoms with van der Waals surface area (Å²) in [5.41, 5.74) is -2.06. The summed E-state index contributed by atoms with van der Waals surface area (Å²) >= 11 is 0. The molecule has 3 rings (SSSR count). The van der Waals surface area contributed by atoms with E-state index in [4.69, 9.17) is 0 Å². The summed E-state index contributed by atoms with van der Waals surface area (Å²) in [5.74, 6) is -10.1. The average Bonchev–Trinajstić information content (AvgIpc) is 2.74. The number of halogens is 4. The topological polar surface area (TPSA) is 89.3 Å². The van der Waals surface area contributed by atoms with Crippen LogP contribution in [-0.2, 0) is 0 Å². The minimum atomic E-state index is -2.18. The van der Waals surface area contributed by atoms with E-state index in [9.17, 15) is 37.3 Å². The van der Waals surface area contributed by atoms with Crippen molar-refractivity contribution in [3.05, 3.63) is 105 Å². The molecule has 0 aliphatic carbocycles. The molecule has 0 fully saturated rings. The Kier molecular flexibility index (Phi) is 5.58. The standard InChI is InChI=1S/C20H10F4N2O4/c21-14-9-13(16(22)18(24)17(14)23)20(28)25-15-7-6-11(26(29)30)8-12(15)19(27)10-4-2-1-3-5-10/h1-9H,(H,25,28). The summed E-state index contributed by atoms with van der Waals surface area (Å²) in [6, 6.07) is 10.6. The molecule has 3 aromatic rings. The number of nitrogens with one attached hydrogen (secondary N) is 1. The Bertz CT molecular complexity index is 1180. The van der Waals surface area contributed by atoms with Gasteiger partial charge in [-0.3, -0.25) is 19.7 Å². The predicted octanol–water partition coefficient (Wildman–Crippen LogP) is 4.63. The van der Waals surface area contributed by atoms with E-state index in [-0.39, 0.29) is 22.9 Å². The van der Waals surface area contributed by atoms with E-state index in [1.807, 2.05) is 0 Å². The zero-order valence-corrected chi connectivity index (χ0v) is 14.8. The van der Waals surface area contributed by atoms with Crippen molar-refractivity contribution in [2.45, 2.75) is 0 Å². The first-order valence-corrected chi connectivity index (χ1v) is 8.23. The highest BCUT2D eigenvalue weighted by Crippen LogP contribution is 2.26. The molecule has 6 nitrogen and oxygen atoms in total. The summed E-state index contributed by atoms with van der Waals surface area (Å²) < 4.78 is 53.8. The molecule has 0 bridgehead atoms. The van der Waals surface area contributed by atoms with Gasteiger partial charge in [0.1, 0.15) is 0 Å². The molecule has 10 heteroatoms. The number of nitro benzene ring substituents is 1. The minimum absolute atomic E-state index is 0.138. The molecule has 0 saturated carbocycles. The second-order valence-corrected chi connectivity index (χ2v) is 5.98. The van der Waals surface area contributed by atoms with Gasteiger partial charge in [0.25, 0.3) is 11.6 Å². The highest BCUT2D eigenvalue weighted by Gasteiger charge is 2.25. The van der Waals surface area contributed by atoms with Gasteiger partial charge in [-0.15, -0.1) is 0 Å². The van der Waals surface area contributed by atoms with Crippen LogP contribution in [0.4, 0.5) is 28.9 Å². The summed E-state index contributed by atoms with van der Waals surface area (Å²) in [6.07, 6.45) is 0. The maximum atomic E-state index is 13.9. The fraction of sp³-hybridized carbons (Fsp3) is 0. The first kappa shape index (κ1) is 20.6. The van der Waals surface area contributed by atoms with E-state index < -0.39 is 51.1 Å². The van der Waals surface area contributed by atoms with E-state index in [0.29, 0.717) is 0 Å². The number of carbonyl (C=O) groups excluding carboxylic acids is 2. The van der Waals surface area contributed by atoms with Gasteiger partial charge in [-0.05, 0) is 12.1 Å². The lowest BCUT2D eigenvalue weighted by Crippen LogP contribution is -2.18. The normalized spacial score (nSPS) is 10.5. The second-order valence-electron chi connectivity index (χ2n) is 5.98. The number of carbonyl (C=O) groups is 2. The molecule has 1 N–H and O–H groups in total. The fourth-order valence-corrected chi connectivity index (χ4v) is 2.62. The van der Waals surface area contributed by atoms with Crippen LogP contribution in [0.3, 0.4) is 0 Å². The fourth-order valence-electron chi connectivity index (χ4n) is 2.62. The summed E-state index contributed by atoms with van der Waals surface area (Å²) in [7, 11) is 0. The highest BCUT2D eigenvalue weighted by atomic mass is 19.2. The molecule has 0 aromatic heterocycles. The lowest BCUT2D eigenvalue weighted by Gasteiger charge is -2.12. The Morgan fingerprint density at radius 3 is 2.13 bits per heavy atom. The molecule has 30 heavy (non-hydrogen) atoms. The van der Waals surface area contributed by atoms with Crippen molar-refractivity contribution >= 4 is 23.1 Å². The van der Waals surface area contributed by atoms with Gasteiger partial charge in [0.2, 0.25) is 0 Å². The van der Waals surface area contributed by atoms with Crippen LogP contribution in [0.2, 0.25) is 0 Å².